The van der Waals surface area contributed by atoms with Crippen LogP contribution in [0.1, 0.15) is 57.7 Å². The highest BCUT2D eigenvalue weighted by Crippen LogP contribution is 2.19. The summed E-state index contributed by atoms with van der Waals surface area (Å²) < 4.78 is 0. The Morgan fingerprint density at radius 3 is 2.28 bits per heavy atom. The van der Waals surface area contributed by atoms with Gasteiger partial charge in [-0.2, -0.15) is 0 Å². The van der Waals surface area contributed by atoms with Crippen molar-refractivity contribution >= 4 is 11.9 Å². The second-order valence-corrected chi connectivity index (χ2v) is 7.85. The van der Waals surface area contributed by atoms with Crippen molar-refractivity contribution in [1.29, 1.82) is 0 Å². The molecule has 5 heteroatoms. The maximum atomic E-state index is 12.0. The average Bonchev–Trinajstić information content (AvgIpc) is 3.31. The summed E-state index contributed by atoms with van der Waals surface area (Å²) in [5, 5.41) is 7.19. The van der Waals surface area contributed by atoms with Crippen LogP contribution in [-0.4, -0.2) is 24.5 Å². The number of amides is 3. The first-order valence-electron chi connectivity index (χ1n) is 9.37. The van der Waals surface area contributed by atoms with E-state index in [0.29, 0.717) is 11.8 Å². The van der Waals surface area contributed by atoms with Crippen molar-refractivity contribution in [1.82, 2.24) is 10.6 Å². The minimum atomic E-state index is -0.375. The number of hydrogen-bond acceptors (Lipinski definition) is 2. The van der Waals surface area contributed by atoms with Gasteiger partial charge < -0.3 is 10.6 Å². The number of nitrogens with two attached hydrogens (primary N) is 1. The van der Waals surface area contributed by atoms with Crippen LogP contribution in [0.5, 0.6) is 0 Å². The van der Waals surface area contributed by atoms with Crippen molar-refractivity contribution in [3.8, 4) is 0 Å². The van der Waals surface area contributed by atoms with Crippen LogP contribution in [0.25, 0.3) is 0 Å². The zero-order chi connectivity index (χ0) is 18.4. The molecule has 0 heterocycles. The predicted molar refractivity (Wildman–Crippen MR) is 99.1 cm³/mol. The molecule has 1 aliphatic carbocycles. The molecule has 0 unspecified atom stereocenters. The van der Waals surface area contributed by atoms with Crippen molar-refractivity contribution in [2.75, 3.05) is 6.54 Å². The first-order valence-corrected chi connectivity index (χ1v) is 9.37. The van der Waals surface area contributed by atoms with Gasteiger partial charge in [-0.1, -0.05) is 52.0 Å². The number of carbonyl (C=O) groups excluding carboxylic acids is 2. The van der Waals surface area contributed by atoms with Crippen molar-refractivity contribution < 1.29 is 14.9 Å². The molecule has 2 rings (SSSR count). The number of nitrogens with one attached hydrogen (secondary N) is 2. The molecule has 0 aromatic heterocycles. The van der Waals surface area contributed by atoms with Gasteiger partial charge in [0.05, 0.1) is 0 Å². The number of carbonyl (C=O) groups is 2. The van der Waals surface area contributed by atoms with Gasteiger partial charge in [0.2, 0.25) is 0 Å². The van der Waals surface area contributed by atoms with E-state index in [2.05, 4.69) is 62.6 Å². The third kappa shape index (κ3) is 6.86. The Morgan fingerprint density at radius 1 is 1.12 bits per heavy atom. The Labute approximate surface area is 151 Å². The molecule has 138 valence electrons. The minimum absolute atomic E-state index is 0.199. The molecular weight excluding hydrogens is 314 g/mol. The lowest BCUT2D eigenvalue weighted by Crippen LogP contribution is -2.88. The van der Waals surface area contributed by atoms with Crippen LogP contribution in [0.15, 0.2) is 24.3 Å². The summed E-state index contributed by atoms with van der Waals surface area (Å²) in [6, 6.07) is 8.77. The second-order valence-electron chi connectivity index (χ2n) is 7.85. The highest BCUT2D eigenvalue weighted by molar-refractivity contribution is 5.94. The van der Waals surface area contributed by atoms with Gasteiger partial charge in [0, 0.05) is 17.5 Å². The SMILES string of the molecule is CC(C)Cc1ccc([C@@H]([NH2+]CC(=O)NC(=O)NC2CC2)C(C)C)cc1. The number of benzene rings is 1. The first kappa shape index (κ1) is 19.4. The number of imide groups is 1. The molecule has 1 atom stereocenters. The highest BCUT2D eigenvalue weighted by atomic mass is 16.2. The van der Waals surface area contributed by atoms with Gasteiger partial charge >= 0.3 is 6.03 Å². The number of hydrogen-bond donors (Lipinski definition) is 3. The molecule has 0 bridgehead atoms. The van der Waals surface area contributed by atoms with Crippen LogP contribution >= 0.6 is 0 Å². The molecule has 25 heavy (non-hydrogen) atoms. The van der Waals surface area contributed by atoms with E-state index in [4.69, 9.17) is 0 Å². The quantitative estimate of drug-likeness (QED) is 0.674. The molecule has 1 fully saturated rings. The normalized spacial score (nSPS) is 15.3. The first-order chi connectivity index (χ1) is 11.8. The molecule has 5 nitrogen and oxygen atoms in total. The van der Waals surface area contributed by atoms with Gasteiger partial charge in [-0.3, -0.25) is 10.1 Å². The summed E-state index contributed by atoms with van der Waals surface area (Å²) in [5.41, 5.74) is 2.56. The highest BCUT2D eigenvalue weighted by Gasteiger charge is 2.25. The van der Waals surface area contributed by atoms with Crippen molar-refractivity contribution in [3.05, 3.63) is 35.4 Å². The fourth-order valence-electron chi connectivity index (χ4n) is 3.00. The summed E-state index contributed by atoms with van der Waals surface area (Å²) in [6.45, 7) is 8.99. The summed E-state index contributed by atoms with van der Waals surface area (Å²) in [7, 11) is 0. The predicted octanol–water partition coefficient (Wildman–Crippen LogP) is 2.13. The maximum Gasteiger partial charge on any atom is 0.321 e. The van der Waals surface area contributed by atoms with E-state index in [1.54, 1.807) is 0 Å². The largest absolute Gasteiger partial charge is 0.335 e. The van der Waals surface area contributed by atoms with Crippen LogP contribution in [0.4, 0.5) is 4.79 Å². The lowest BCUT2D eigenvalue weighted by atomic mass is 9.94. The van der Waals surface area contributed by atoms with E-state index < -0.39 is 0 Å². The lowest BCUT2D eigenvalue weighted by Gasteiger charge is -2.20. The van der Waals surface area contributed by atoms with Gasteiger partial charge in [-0.05, 0) is 30.7 Å². The van der Waals surface area contributed by atoms with Crippen molar-refractivity contribution in [2.45, 2.75) is 59.0 Å². The van der Waals surface area contributed by atoms with E-state index in [0.717, 1.165) is 19.3 Å². The maximum absolute atomic E-state index is 12.0. The molecule has 3 amide bonds. The standard InChI is InChI=1S/C20H31N3O2/c1-13(2)11-15-5-7-16(8-6-15)19(14(3)4)21-12-18(24)23-20(25)22-17-9-10-17/h5-8,13-14,17,19,21H,9-12H2,1-4H3,(H2,22,23,24,25)/p+1/t19-/m0/s1. The zero-order valence-electron chi connectivity index (χ0n) is 15.8. The molecular formula is C20H32N3O2+. The van der Waals surface area contributed by atoms with Gasteiger partial charge in [-0.25, -0.2) is 4.79 Å². The fraction of sp³-hybridized carbons (Fsp3) is 0.600. The number of urea groups is 1. The Bertz CT molecular complexity index is 577. The molecule has 1 aromatic carbocycles. The van der Waals surface area contributed by atoms with E-state index in [1.807, 2.05) is 5.32 Å². The van der Waals surface area contributed by atoms with E-state index in [1.165, 1.54) is 11.1 Å². The monoisotopic (exact) mass is 346 g/mol. The number of rotatable bonds is 8. The van der Waals surface area contributed by atoms with Crippen LogP contribution in [-0.2, 0) is 11.2 Å². The Hall–Kier alpha value is -1.88. The van der Waals surface area contributed by atoms with Crippen LogP contribution in [0.2, 0.25) is 0 Å². The fourth-order valence-corrected chi connectivity index (χ4v) is 3.00. The average molecular weight is 346 g/mol. The van der Waals surface area contributed by atoms with Gasteiger partial charge in [0.1, 0.15) is 6.04 Å². The van der Waals surface area contributed by atoms with Crippen LogP contribution < -0.4 is 16.0 Å². The summed E-state index contributed by atoms with van der Waals surface area (Å²) >= 11 is 0. The Morgan fingerprint density at radius 2 is 1.76 bits per heavy atom. The molecule has 0 aliphatic heterocycles. The molecule has 1 saturated carbocycles. The van der Waals surface area contributed by atoms with Gasteiger partial charge in [-0.15, -0.1) is 0 Å². The Balaban J connectivity index is 1.86. The molecule has 0 radical (unpaired) electrons. The summed E-state index contributed by atoms with van der Waals surface area (Å²) in [4.78, 5) is 23.6. The molecule has 0 saturated heterocycles. The minimum Gasteiger partial charge on any atom is -0.335 e. The lowest BCUT2D eigenvalue weighted by molar-refractivity contribution is -0.692. The van der Waals surface area contributed by atoms with E-state index in [-0.39, 0.29) is 30.6 Å². The molecule has 1 aromatic rings. The third-order valence-corrected chi connectivity index (χ3v) is 4.45. The van der Waals surface area contributed by atoms with Crippen molar-refractivity contribution in [2.24, 2.45) is 11.8 Å². The van der Waals surface area contributed by atoms with Gasteiger partial charge in [0.25, 0.3) is 5.91 Å². The van der Waals surface area contributed by atoms with Crippen molar-refractivity contribution in [3.63, 3.8) is 0 Å². The van der Waals surface area contributed by atoms with Gasteiger partial charge in [0.15, 0.2) is 6.54 Å². The topological polar surface area (TPSA) is 74.8 Å². The summed E-state index contributed by atoms with van der Waals surface area (Å²) in [5.74, 6) is 0.785. The smallest absolute Gasteiger partial charge is 0.321 e. The second kappa shape index (κ2) is 8.99. The number of quaternary nitrogens is 1. The van der Waals surface area contributed by atoms with Crippen LogP contribution in [0.3, 0.4) is 0 Å². The summed E-state index contributed by atoms with van der Waals surface area (Å²) in [6.07, 6.45) is 3.10. The Kier molecular flexibility index (Phi) is 7.00. The zero-order valence-corrected chi connectivity index (χ0v) is 15.8. The molecule has 1 aliphatic rings. The van der Waals surface area contributed by atoms with E-state index in [9.17, 15) is 9.59 Å². The van der Waals surface area contributed by atoms with Crippen LogP contribution in [0, 0.1) is 11.8 Å². The third-order valence-electron chi connectivity index (χ3n) is 4.45. The molecule has 4 N–H and O–H groups in total. The van der Waals surface area contributed by atoms with E-state index >= 15 is 0 Å². The molecule has 0 spiro atoms.